The lowest BCUT2D eigenvalue weighted by Crippen LogP contribution is -2.58. The van der Waals surface area contributed by atoms with Crippen LogP contribution in [0, 0.1) is 0 Å². The van der Waals surface area contributed by atoms with E-state index in [1.807, 2.05) is 0 Å². The zero-order valence-corrected chi connectivity index (χ0v) is 14.1. The highest BCUT2D eigenvalue weighted by atomic mass is 16.6. The van der Waals surface area contributed by atoms with E-state index in [4.69, 9.17) is 4.74 Å². The summed E-state index contributed by atoms with van der Waals surface area (Å²) >= 11 is 0. The molecule has 2 N–H and O–H groups in total. The Hall–Kier alpha value is -2.09. The fourth-order valence-corrected chi connectivity index (χ4v) is 3.72. The van der Waals surface area contributed by atoms with Crippen LogP contribution < -0.4 is 5.32 Å². The normalized spacial score (nSPS) is 25.8. The maximum atomic E-state index is 12.2. The quantitative estimate of drug-likeness (QED) is 0.855. The molecule has 132 valence electrons. The molecule has 0 unspecified atom stereocenters. The number of carbonyl (C=O) groups excluding carboxylic acids is 2. The van der Waals surface area contributed by atoms with E-state index in [0.29, 0.717) is 18.5 Å². The van der Waals surface area contributed by atoms with Crippen LogP contribution in [0.5, 0.6) is 0 Å². The average Bonchev–Trinajstić information content (AvgIpc) is 3.03. The molecule has 1 aliphatic carbocycles. The van der Waals surface area contributed by atoms with Gasteiger partial charge in [-0.1, -0.05) is 6.42 Å². The molecule has 0 radical (unpaired) electrons. The second-order valence-electron chi connectivity index (χ2n) is 6.69. The van der Waals surface area contributed by atoms with Crippen molar-refractivity contribution in [3.05, 3.63) is 18.0 Å². The Kier molecular flexibility index (Phi) is 4.25. The van der Waals surface area contributed by atoms with Crippen LogP contribution in [0.3, 0.4) is 0 Å². The van der Waals surface area contributed by atoms with Crippen molar-refractivity contribution in [1.29, 1.82) is 0 Å². The third-order valence-electron chi connectivity index (χ3n) is 5.23. The smallest absolute Gasteiger partial charge is 0.412 e. The summed E-state index contributed by atoms with van der Waals surface area (Å²) in [5.41, 5.74) is -1.75. The van der Waals surface area contributed by atoms with Crippen molar-refractivity contribution in [1.82, 2.24) is 20.0 Å². The monoisotopic (exact) mass is 336 g/mol. The number of hydrogen-bond acceptors (Lipinski definition) is 5. The number of hydrogen-bond donors (Lipinski definition) is 2. The number of amides is 2. The summed E-state index contributed by atoms with van der Waals surface area (Å²) in [6.07, 6.45) is 5.34. The number of aryl methyl sites for hydroxylation is 1. The number of nitrogens with one attached hydrogen (secondary N) is 1. The van der Waals surface area contributed by atoms with Crippen LogP contribution in [0.2, 0.25) is 0 Å². The summed E-state index contributed by atoms with van der Waals surface area (Å²) < 4.78 is 7.06. The first-order valence-electron chi connectivity index (χ1n) is 8.37. The lowest BCUT2D eigenvalue weighted by Gasteiger charge is -2.42. The summed E-state index contributed by atoms with van der Waals surface area (Å²) in [7, 11) is 1.68. The first-order chi connectivity index (χ1) is 11.4. The second kappa shape index (κ2) is 6.08. The lowest BCUT2D eigenvalue weighted by atomic mass is 9.77. The van der Waals surface area contributed by atoms with Gasteiger partial charge in [-0.2, -0.15) is 5.10 Å². The molecule has 1 saturated carbocycles. The Morgan fingerprint density at radius 1 is 1.42 bits per heavy atom. The third-order valence-corrected chi connectivity index (χ3v) is 5.23. The largest absolute Gasteiger partial charge is 0.438 e. The second-order valence-corrected chi connectivity index (χ2v) is 6.69. The molecular formula is C16H24N4O4. The molecule has 1 aliphatic heterocycles. The van der Waals surface area contributed by atoms with Crippen LogP contribution in [-0.2, 0) is 11.8 Å². The highest BCUT2D eigenvalue weighted by Crippen LogP contribution is 2.46. The molecule has 1 atom stereocenters. The lowest BCUT2D eigenvalue weighted by molar-refractivity contribution is -0.158. The van der Waals surface area contributed by atoms with Crippen LogP contribution in [0.25, 0.3) is 0 Å². The highest BCUT2D eigenvalue weighted by molar-refractivity contribution is 5.92. The molecule has 1 aromatic rings. The van der Waals surface area contributed by atoms with Gasteiger partial charge in [0.25, 0.3) is 5.91 Å². The Morgan fingerprint density at radius 2 is 2.12 bits per heavy atom. The number of rotatable bonds is 4. The molecule has 2 heterocycles. The van der Waals surface area contributed by atoms with Crippen LogP contribution in [0.4, 0.5) is 4.79 Å². The molecule has 1 spiro atoms. The Bertz CT molecular complexity index is 634. The van der Waals surface area contributed by atoms with Gasteiger partial charge in [-0.15, -0.1) is 0 Å². The minimum atomic E-state index is -1.36. The highest BCUT2D eigenvalue weighted by Gasteiger charge is 2.61. The summed E-state index contributed by atoms with van der Waals surface area (Å²) in [4.78, 5) is 25.6. The molecule has 0 aromatic carbocycles. The molecule has 3 rings (SSSR count). The van der Waals surface area contributed by atoms with Gasteiger partial charge in [0.1, 0.15) is 5.69 Å². The van der Waals surface area contributed by atoms with Crippen LogP contribution in [-0.4, -0.2) is 56.2 Å². The molecular weight excluding hydrogens is 312 g/mol. The van der Waals surface area contributed by atoms with E-state index in [1.165, 1.54) is 9.58 Å². The van der Waals surface area contributed by atoms with Crippen LogP contribution >= 0.6 is 0 Å². The van der Waals surface area contributed by atoms with Crippen LogP contribution in [0.1, 0.15) is 49.5 Å². The summed E-state index contributed by atoms with van der Waals surface area (Å²) in [6.45, 7) is 2.05. The van der Waals surface area contributed by atoms with Gasteiger partial charge in [0.2, 0.25) is 0 Å². The van der Waals surface area contributed by atoms with Gasteiger partial charge in [-0.25, -0.2) is 4.79 Å². The van der Waals surface area contributed by atoms with E-state index in [9.17, 15) is 14.7 Å². The molecule has 8 nitrogen and oxygen atoms in total. The standard InChI is InChI=1S/C16H24N4O4/c1-15(23)16(7-4-3-5-8-16)24-14(22)20(15)11-10-17-13(21)12-6-9-18-19(12)2/h6,9,23H,3-5,7-8,10-11H2,1-2H3,(H,17,21)/t15-/m1/s1. The summed E-state index contributed by atoms with van der Waals surface area (Å²) in [5, 5.41) is 17.6. The first kappa shape index (κ1) is 16.8. The fraction of sp³-hybridized carbons (Fsp3) is 0.688. The van der Waals surface area contributed by atoms with Gasteiger partial charge in [-0.05, 0) is 38.7 Å². The fourth-order valence-electron chi connectivity index (χ4n) is 3.72. The van der Waals surface area contributed by atoms with Crippen molar-refractivity contribution >= 4 is 12.0 Å². The number of ether oxygens (including phenoxy) is 1. The number of aliphatic hydroxyl groups is 1. The zero-order chi connectivity index (χ0) is 17.4. The molecule has 2 amide bonds. The van der Waals surface area contributed by atoms with Crippen molar-refractivity contribution in [2.45, 2.75) is 50.4 Å². The molecule has 1 saturated heterocycles. The Labute approximate surface area is 140 Å². The van der Waals surface area contributed by atoms with E-state index < -0.39 is 17.4 Å². The van der Waals surface area contributed by atoms with Crippen molar-refractivity contribution in [2.75, 3.05) is 13.1 Å². The average molecular weight is 336 g/mol. The number of nitrogens with zero attached hydrogens (tertiary/aromatic N) is 3. The molecule has 2 aliphatic rings. The molecule has 0 bridgehead atoms. The van der Waals surface area contributed by atoms with E-state index in [1.54, 1.807) is 26.2 Å². The topological polar surface area (TPSA) is 96.7 Å². The van der Waals surface area contributed by atoms with E-state index in [-0.39, 0.29) is 19.0 Å². The summed E-state index contributed by atoms with van der Waals surface area (Å²) in [5.74, 6) is -0.269. The Morgan fingerprint density at radius 3 is 2.75 bits per heavy atom. The summed E-state index contributed by atoms with van der Waals surface area (Å²) in [6, 6.07) is 1.62. The molecule has 1 aromatic heterocycles. The van der Waals surface area contributed by atoms with Crippen molar-refractivity contribution in [2.24, 2.45) is 7.05 Å². The van der Waals surface area contributed by atoms with Crippen LogP contribution in [0.15, 0.2) is 12.3 Å². The first-order valence-corrected chi connectivity index (χ1v) is 8.37. The third kappa shape index (κ3) is 2.64. The Balaban J connectivity index is 1.62. The van der Waals surface area contributed by atoms with Crippen molar-refractivity contribution < 1.29 is 19.4 Å². The zero-order valence-electron chi connectivity index (χ0n) is 14.1. The molecule has 2 fully saturated rings. The van der Waals surface area contributed by atoms with Gasteiger partial charge in [-0.3, -0.25) is 14.4 Å². The number of aromatic nitrogens is 2. The van der Waals surface area contributed by atoms with E-state index >= 15 is 0 Å². The minimum Gasteiger partial charge on any atom is -0.438 e. The van der Waals surface area contributed by atoms with Gasteiger partial charge in [0.05, 0.1) is 0 Å². The predicted octanol–water partition coefficient (Wildman–Crippen LogP) is 1.01. The van der Waals surface area contributed by atoms with Gasteiger partial charge in [0.15, 0.2) is 11.3 Å². The minimum absolute atomic E-state index is 0.192. The van der Waals surface area contributed by atoms with Gasteiger partial charge < -0.3 is 15.2 Å². The maximum absolute atomic E-state index is 12.2. The SMILES string of the molecule is Cn1nccc1C(=O)NCCN1C(=O)OC2(CCCCC2)[C@@]1(C)O. The van der Waals surface area contributed by atoms with E-state index in [0.717, 1.165) is 19.3 Å². The van der Waals surface area contributed by atoms with Gasteiger partial charge >= 0.3 is 6.09 Å². The molecule has 8 heteroatoms. The maximum Gasteiger partial charge on any atom is 0.412 e. The van der Waals surface area contributed by atoms with Crippen molar-refractivity contribution in [3.63, 3.8) is 0 Å². The predicted molar refractivity (Wildman–Crippen MR) is 85.2 cm³/mol. The number of carbonyl (C=O) groups is 2. The van der Waals surface area contributed by atoms with E-state index in [2.05, 4.69) is 10.4 Å². The molecule has 24 heavy (non-hydrogen) atoms. The van der Waals surface area contributed by atoms with Crippen molar-refractivity contribution in [3.8, 4) is 0 Å². The van der Waals surface area contributed by atoms with Gasteiger partial charge in [0, 0.05) is 26.3 Å².